The molecule has 4 heteroatoms. The van der Waals surface area contributed by atoms with E-state index in [0.717, 1.165) is 5.39 Å². The van der Waals surface area contributed by atoms with E-state index in [1.165, 1.54) is 7.58 Å². The maximum atomic E-state index is 5.86. The predicted octanol–water partition coefficient (Wildman–Crippen LogP) is 3.55. The second-order valence-electron chi connectivity index (χ2n) is 2.06. The molecule has 0 aromatic carbocycles. The first kappa shape index (κ1) is 7.76. The van der Waals surface area contributed by atoms with E-state index in [9.17, 15) is 0 Å². The van der Waals surface area contributed by atoms with E-state index in [1.807, 2.05) is 6.07 Å². The third-order valence-corrected chi connectivity index (χ3v) is 3.53. The Morgan fingerprint density at radius 2 is 2.36 bits per heavy atom. The van der Waals surface area contributed by atoms with E-state index in [-0.39, 0.29) is 0 Å². The number of fused-ring (bicyclic) bond motifs is 1. The van der Waals surface area contributed by atoms with Crippen molar-refractivity contribution in [1.82, 2.24) is 4.98 Å². The number of hydrogen-bond donors (Lipinski definition) is 0. The molecule has 0 bridgehead atoms. The third kappa shape index (κ3) is 1.37. The molecule has 0 fully saturated rings. The van der Waals surface area contributed by atoms with Crippen molar-refractivity contribution in [1.29, 1.82) is 0 Å². The lowest BCUT2D eigenvalue weighted by Crippen LogP contribution is -1.70. The Kier molecular flexibility index (Phi) is 2.03. The van der Waals surface area contributed by atoms with Crippen molar-refractivity contribution in [2.45, 2.75) is 0 Å². The lowest BCUT2D eigenvalue weighted by atomic mass is 10.3. The summed E-state index contributed by atoms with van der Waals surface area (Å²) >= 11 is 9.87. The summed E-state index contributed by atoms with van der Waals surface area (Å²) in [5.41, 5.74) is 0. The molecule has 0 radical (unpaired) electrons. The number of rotatable bonds is 0. The summed E-state index contributed by atoms with van der Waals surface area (Å²) in [6, 6.07) is 4.03. The molecular weight excluding hydrogens is 293 g/mol. The van der Waals surface area contributed by atoms with Crippen LogP contribution in [0.4, 0.5) is 0 Å². The molecule has 0 saturated carbocycles. The van der Waals surface area contributed by atoms with E-state index in [1.54, 1.807) is 17.5 Å². The molecule has 0 aliphatic heterocycles. The van der Waals surface area contributed by atoms with Crippen LogP contribution in [0.25, 0.3) is 10.1 Å². The molecule has 2 aromatic rings. The van der Waals surface area contributed by atoms with Gasteiger partial charge in [0.25, 0.3) is 0 Å². The summed E-state index contributed by atoms with van der Waals surface area (Å²) < 4.78 is 2.45. The van der Waals surface area contributed by atoms with E-state index in [4.69, 9.17) is 11.6 Å². The summed E-state index contributed by atoms with van der Waals surface area (Å²) in [7, 11) is 0. The van der Waals surface area contributed by atoms with Crippen molar-refractivity contribution < 1.29 is 0 Å². The normalized spacial score (nSPS) is 10.7. The van der Waals surface area contributed by atoms with Crippen LogP contribution < -0.4 is 0 Å². The van der Waals surface area contributed by atoms with E-state index in [0.29, 0.717) is 5.15 Å². The molecule has 0 N–H and O–H groups in total. The van der Waals surface area contributed by atoms with Crippen molar-refractivity contribution in [2.75, 3.05) is 0 Å². The molecule has 2 aromatic heterocycles. The molecule has 0 amide bonds. The van der Waals surface area contributed by atoms with Gasteiger partial charge in [-0.1, -0.05) is 11.6 Å². The molecule has 2 heterocycles. The molecule has 0 saturated heterocycles. The van der Waals surface area contributed by atoms with Crippen molar-refractivity contribution in [3.05, 3.63) is 26.4 Å². The minimum absolute atomic E-state index is 0.599. The zero-order valence-electron chi connectivity index (χ0n) is 5.34. The number of thiophene rings is 1. The minimum Gasteiger partial charge on any atom is -0.244 e. The van der Waals surface area contributed by atoms with Gasteiger partial charge in [-0.05, 0) is 34.7 Å². The van der Waals surface area contributed by atoms with Crippen LogP contribution in [0.5, 0.6) is 0 Å². The summed E-state index contributed by atoms with van der Waals surface area (Å²) in [4.78, 5) is 3.99. The monoisotopic (exact) mass is 295 g/mol. The smallest absolute Gasteiger partial charge is 0.137 e. The standard InChI is InChI=1S/C7H3ClINS/c8-7-4-3-6(9)11-5(4)1-2-10-7/h1-3H. The lowest BCUT2D eigenvalue weighted by molar-refractivity contribution is 1.37. The maximum absolute atomic E-state index is 5.86. The van der Waals surface area contributed by atoms with Crippen LogP contribution in [0.3, 0.4) is 0 Å². The van der Waals surface area contributed by atoms with Crippen LogP contribution in [0.1, 0.15) is 0 Å². The Labute approximate surface area is 86.5 Å². The first-order valence-electron chi connectivity index (χ1n) is 2.97. The molecular formula is C7H3ClINS. The molecule has 11 heavy (non-hydrogen) atoms. The SMILES string of the molecule is Clc1nccc2sc(I)cc12. The van der Waals surface area contributed by atoms with E-state index < -0.39 is 0 Å². The molecule has 2 rings (SSSR count). The van der Waals surface area contributed by atoms with Gasteiger partial charge in [-0.3, -0.25) is 0 Å². The first-order valence-corrected chi connectivity index (χ1v) is 5.24. The number of halogens is 2. The zero-order chi connectivity index (χ0) is 7.84. The van der Waals surface area contributed by atoms with Gasteiger partial charge in [0.05, 0.1) is 2.88 Å². The molecule has 1 nitrogen and oxygen atoms in total. The highest BCUT2D eigenvalue weighted by Crippen LogP contribution is 2.29. The topological polar surface area (TPSA) is 12.9 Å². The fourth-order valence-corrected chi connectivity index (χ4v) is 2.97. The maximum Gasteiger partial charge on any atom is 0.137 e. The van der Waals surface area contributed by atoms with Crippen LogP contribution in [0.15, 0.2) is 18.3 Å². The Balaban J connectivity index is 2.90. The molecule has 56 valence electrons. The second kappa shape index (κ2) is 2.88. The highest BCUT2D eigenvalue weighted by molar-refractivity contribution is 14.1. The Bertz CT molecular complexity index is 398. The number of nitrogens with zero attached hydrogens (tertiary/aromatic N) is 1. The van der Waals surface area contributed by atoms with Gasteiger partial charge in [0, 0.05) is 16.3 Å². The van der Waals surface area contributed by atoms with Gasteiger partial charge in [-0.15, -0.1) is 11.3 Å². The van der Waals surface area contributed by atoms with Crippen LogP contribution in [0.2, 0.25) is 5.15 Å². The highest BCUT2D eigenvalue weighted by Gasteiger charge is 2.02. The van der Waals surface area contributed by atoms with Crippen molar-refractivity contribution in [3.8, 4) is 0 Å². The largest absolute Gasteiger partial charge is 0.244 e. The molecule has 0 spiro atoms. The van der Waals surface area contributed by atoms with Crippen LogP contribution in [0, 0.1) is 2.88 Å². The first-order chi connectivity index (χ1) is 5.27. The van der Waals surface area contributed by atoms with Gasteiger partial charge in [0.2, 0.25) is 0 Å². The van der Waals surface area contributed by atoms with Crippen LogP contribution in [-0.4, -0.2) is 4.98 Å². The van der Waals surface area contributed by atoms with Gasteiger partial charge in [-0.2, -0.15) is 0 Å². The Morgan fingerprint density at radius 1 is 1.55 bits per heavy atom. The lowest BCUT2D eigenvalue weighted by Gasteiger charge is -1.88. The number of hydrogen-bond acceptors (Lipinski definition) is 2. The van der Waals surface area contributed by atoms with Crippen LogP contribution >= 0.6 is 45.5 Å². The highest BCUT2D eigenvalue weighted by atomic mass is 127. The van der Waals surface area contributed by atoms with Crippen molar-refractivity contribution >= 4 is 55.6 Å². The van der Waals surface area contributed by atoms with Gasteiger partial charge < -0.3 is 0 Å². The van der Waals surface area contributed by atoms with Crippen molar-refractivity contribution in [3.63, 3.8) is 0 Å². The van der Waals surface area contributed by atoms with Crippen LogP contribution in [-0.2, 0) is 0 Å². The average molecular weight is 296 g/mol. The Morgan fingerprint density at radius 3 is 3.09 bits per heavy atom. The molecule has 0 unspecified atom stereocenters. The predicted molar refractivity (Wildman–Crippen MR) is 57.3 cm³/mol. The summed E-state index contributed by atoms with van der Waals surface area (Å²) in [6.07, 6.45) is 1.73. The molecule has 0 atom stereocenters. The van der Waals surface area contributed by atoms with Crippen molar-refractivity contribution in [2.24, 2.45) is 0 Å². The Hall–Kier alpha value is 0.130. The zero-order valence-corrected chi connectivity index (χ0v) is 9.07. The van der Waals surface area contributed by atoms with Gasteiger partial charge in [-0.25, -0.2) is 4.98 Å². The van der Waals surface area contributed by atoms with Gasteiger partial charge in [0.1, 0.15) is 5.15 Å². The quantitative estimate of drug-likeness (QED) is 0.535. The summed E-state index contributed by atoms with van der Waals surface area (Å²) in [5, 5.41) is 1.66. The summed E-state index contributed by atoms with van der Waals surface area (Å²) in [6.45, 7) is 0. The van der Waals surface area contributed by atoms with E-state index in [2.05, 4.69) is 33.6 Å². The molecule has 0 aliphatic rings. The second-order valence-corrected chi connectivity index (χ2v) is 5.40. The fourth-order valence-electron chi connectivity index (χ4n) is 0.899. The third-order valence-electron chi connectivity index (χ3n) is 1.37. The van der Waals surface area contributed by atoms with Gasteiger partial charge >= 0.3 is 0 Å². The van der Waals surface area contributed by atoms with E-state index >= 15 is 0 Å². The number of pyridine rings is 1. The van der Waals surface area contributed by atoms with Gasteiger partial charge in [0.15, 0.2) is 0 Å². The number of aromatic nitrogens is 1. The average Bonchev–Trinajstić information content (AvgIpc) is 2.31. The fraction of sp³-hybridized carbons (Fsp3) is 0. The minimum atomic E-state index is 0.599. The summed E-state index contributed by atoms with van der Waals surface area (Å²) in [5.74, 6) is 0. The molecule has 0 aliphatic carbocycles.